The van der Waals surface area contributed by atoms with E-state index in [4.69, 9.17) is 4.74 Å². The number of pyridine rings is 1. The van der Waals surface area contributed by atoms with Crippen LogP contribution in [0.4, 0.5) is 5.69 Å². The average molecular weight is 370 g/mol. The first-order valence-electron chi connectivity index (χ1n) is 9.90. The molecule has 1 aliphatic heterocycles. The molecule has 1 atom stereocenters. The van der Waals surface area contributed by atoms with Crippen LogP contribution in [0.25, 0.3) is 10.9 Å². The molecule has 4 nitrogen and oxygen atoms in total. The fourth-order valence-corrected chi connectivity index (χ4v) is 4.49. The highest BCUT2D eigenvalue weighted by atomic mass is 16.5. The van der Waals surface area contributed by atoms with Gasteiger partial charge in [-0.15, -0.1) is 0 Å². The Hall–Kier alpha value is -3.14. The molecule has 2 aliphatic rings. The molecule has 4 heteroatoms. The highest BCUT2D eigenvalue weighted by molar-refractivity contribution is 6.03. The number of ketones is 1. The summed E-state index contributed by atoms with van der Waals surface area (Å²) in [4.78, 5) is 17.5. The molecule has 3 aromatic rings. The zero-order valence-electron chi connectivity index (χ0n) is 15.9. The molecule has 0 fully saturated rings. The number of ether oxygens (including phenoxy) is 1. The summed E-state index contributed by atoms with van der Waals surface area (Å²) in [5.74, 6) is 1.02. The third-order valence-corrected chi connectivity index (χ3v) is 5.67. The normalized spacial score (nSPS) is 18.5. The van der Waals surface area contributed by atoms with E-state index in [0.717, 1.165) is 57.6 Å². The molecule has 0 unspecified atom stereocenters. The van der Waals surface area contributed by atoms with Crippen molar-refractivity contribution in [2.75, 3.05) is 11.9 Å². The molecule has 1 aromatic heterocycles. The van der Waals surface area contributed by atoms with Gasteiger partial charge in [-0.2, -0.15) is 0 Å². The molecule has 2 aromatic carbocycles. The summed E-state index contributed by atoms with van der Waals surface area (Å²) in [6.45, 7) is 2.62. The zero-order chi connectivity index (χ0) is 19.1. The van der Waals surface area contributed by atoms with Crippen molar-refractivity contribution in [3.63, 3.8) is 0 Å². The van der Waals surface area contributed by atoms with Crippen molar-refractivity contribution in [3.8, 4) is 5.75 Å². The molecule has 1 aliphatic carbocycles. The van der Waals surface area contributed by atoms with Crippen LogP contribution in [0.15, 0.2) is 66.0 Å². The van der Waals surface area contributed by atoms with Gasteiger partial charge in [0.1, 0.15) is 5.75 Å². The number of hydrogen-bond donors (Lipinski definition) is 1. The number of allylic oxidation sites excluding steroid dienone is 2. The predicted molar refractivity (Wildman–Crippen MR) is 111 cm³/mol. The van der Waals surface area contributed by atoms with Gasteiger partial charge in [-0.3, -0.25) is 9.78 Å². The van der Waals surface area contributed by atoms with Gasteiger partial charge in [0.2, 0.25) is 0 Å². The maximum Gasteiger partial charge on any atom is 0.161 e. The summed E-state index contributed by atoms with van der Waals surface area (Å²) in [5.41, 5.74) is 6.28. The van der Waals surface area contributed by atoms with E-state index in [1.807, 2.05) is 37.4 Å². The van der Waals surface area contributed by atoms with E-state index in [2.05, 4.69) is 34.6 Å². The lowest BCUT2D eigenvalue weighted by Crippen LogP contribution is -2.27. The van der Waals surface area contributed by atoms with Crippen molar-refractivity contribution in [1.29, 1.82) is 0 Å². The maximum atomic E-state index is 13.0. The molecular weight excluding hydrogens is 348 g/mol. The lowest BCUT2D eigenvalue weighted by atomic mass is 9.74. The molecule has 28 heavy (non-hydrogen) atoms. The van der Waals surface area contributed by atoms with Crippen molar-refractivity contribution < 1.29 is 9.53 Å². The number of Topliss-reactive ketones (excluding diaryl/α,β-unsaturated/α-hetero) is 1. The SMILES string of the molecule is CCOc1ccc([C@@H]2C3=C(CCCC3=O)Nc3ccc4ncccc4c32)cc1. The minimum Gasteiger partial charge on any atom is -0.494 e. The fraction of sp³-hybridized carbons (Fsp3) is 0.250. The van der Waals surface area contributed by atoms with E-state index < -0.39 is 0 Å². The first-order valence-corrected chi connectivity index (χ1v) is 9.90. The van der Waals surface area contributed by atoms with E-state index in [1.54, 1.807) is 0 Å². The van der Waals surface area contributed by atoms with Crippen molar-refractivity contribution in [3.05, 3.63) is 77.1 Å². The number of benzene rings is 2. The molecule has 0 bridgehead atoms. The molecule has 0 saturated carbocycles. The lowest BCUT2D eigenvalue weighted by molar-refractivity contribution is -0.116. The largest absolute Gasteiger partial charge is 0.494 e. The molecule has 1 N–H and O–H groups in total. The monoisotopic (exact) mass is 370 g/mol. The van der Waals surface area contributed by atoms with Gasteiger partial charge in [0.15, 0.2) is 5.78 Å². The number of nitrogens with one attached hydrogen (secondary N) is 1. The van der Waals surface area contributed by atoms with Gasteiger partial charge < -0.3 is 10.1 Å². The minimum absolute atomic E-state index is 0.0809. The quantitative estimate of drug-likeness (QED) is 0.689. The van der Waals surface area contributed by atoms with Crippen LogP contribution < -0.4 is 10.1 Å². The lowest BCUT2D eigenvalue weighted by Gasteiger charge is -2.34. The molecule has 140 valence electrons. The summed E-state index contributed by atoms with van der Waals surface area (Å²) in [7, 11) is 0. The highest BCUT2D eigenvalue weighted by Gasteiger charge is 2.36. The second-order valence-electron chi connectivity index (χ2n) is 7.33. The number of hydrogen-bond acceptors (Lipinski definition) is 4. The number of aromatic nitrogens is 1. The Bertz CT molecular complexity index is 1100. The molecule has 2 heterocycles. The fourth-order valence-electron chi connectivity index (χ4n) is 4.49. The summed E-state index contributed by atoms with van der Waals surface area (Å²) in [5, 5.41) is 4.65. The molecular formula is C24H22N2O2. The second-order valence-corrected chi connectivity index (χ2v) is 7.33. The van der Waals surface area contributed by atoms with Crippen molar-refractivity contribution in [2.24, 2.45) is 0 Å². The van der Waals surface area contributed by atoms with Crippen LogP contribution in [0.2, 0.25) is 0 Å². The minimum atomic E-state index is -0.0809. The Morgan fingerprint density at radius 1 is 1.11 bits per heavy atom. The Morgan fingerprint density at radius 2 is 1.96 bits per heavy atom. The first kappa shape index (κ1) is 17.0. The van der Waals surface area contributed by atoms with Gasteiger partial charge in [-0.1, -0.05) is 18.2 Å². The number of rotatable bonds is 3. The first-order chi connectivity index (χ1) is 13.8. The molecule has 5 rings (SSSR count). The molecule has 0 saturated heterocycles. The van der Waals surface area contributed by atoms with Crippen molar-refractivity contribution >= 4 is 22.4 Å². The van der Waals surface area contributed by atoms with Crippen LogP contribution in [0.3, 0.4) is 0 Å². The molecule has 0 spiro atoms. The van der Waals surface area contributed by atoms with E-state index in [1.165, 1.54) is 0 Å². The van der Waals surface area contributed by atoms with Gasteiger partial charge in [-0.25, -0.2) is 0 Å². The predicted octanol–water partition coefficient (Wildman–Crippen LogP) is 5.20. The standard InChI is InChI=1S/C24H22N2O2/c1-2-28-16-10-8-15(9-11-16)22-23-17-5-4-14-25-18(17)12-13-20(23)26-19-6-3-7-21(27)24(19)22/h4-5,8-14,22,26H,2-3,6-7H2,1H3/t22-/m0/s1. The van der Waals surface area contributed by atoms with E-state index in [-0.39, 0.29) is 11.7 Å². The van der Waals surface area contributed by atoms with Gasteiger partial charge >= 0.3 is 0 Å². The summed E-state index contributed by atoms with van der Waals surface area (Å²) in [6, 6.07) is 16.4. The topological polar surface area (TPSA) is 51.2 Å². The number of carbonyl (C=O) groups is 1. The van der Waals surface area contributed by atoms with E-state index in [9.17, 15) is 4.79 Å². The van der Waals surface area contributed by atoms with Gasteiger partial charge in [0, 0.05) is 40.9 Å². The Balaban J connectivity index is 1.75. The second kappa shape index (κ2) is 6.79. The summed E-state index contributed by atoms with van der Waals surface area (Å²) in [6.07, 6.45) is 4.25. The van der Waals surface area contributed by atoms with E-state index in [0.29, 0.717) is 13.0 Å². The van der Waals surface area contributed by atoms with Gasteiger partial charge in [0.25, 0.3) is 0 Å². The van der Waals surface area contributed by atoms with Crippen LogP contribution in [0.5, 0.6) is 5.75 Å². The van der Waals surface area contributed by atoms with Crippen LogP contribution in [0.1, 0.15) is 43.2 Å². The summed E-state index contributed by atoms with van der Waals surface area (Å²) >= 11 is 0. The smallest absolute Gasteiger partial charge is 0.161 e. The van der Waals surface area contributed by atoms with Crippen LogP contribution in [-0.2, 0) is 4.79 Å². The van der Waals surface area contributed by atoms with Gasteiger partial charge in [0.05, 0.1) is 12.1 Å². The highest BCUT2D eigenvalue weighted by Crippen LogP contribution is 2.47. The van der Waals surface area contributed by atoms with Crippen LogP contribution in [0, 0.1) is 0 Å². The zero-order valence-corrected chi connectivity index (χ0v) is 15.9. The number of fused-ring (bicyclic) bond motifs is 3. The maximum absolute atomic E-state index is 13.0. The Labute approximate surface area is 164 Å². The van der Waals surface area contributed by atoms with Crippen molar-refractivity contribution in [1.82, 2.24) is 4.98 Å². The number of anilines is 1. The van der Waals surface area contributed by atoms with Crippen molar-refractivity contribution in [2.45, 2.75) is 32.1 Å². The van der Waals surface area contributed by atoms with Crippen LogP contribution >= 0.6 is 0 Å². The Kier molecular flexibility index (Phi) is 4.12. The third kappa shape index (κ3) is 2.68. The molecule has 0 radical (unpaired) electrons. The van der Waals surface area contributed by atoms with E-state index >= 15 is 0 Å². The third-order valence-electron chi connectivity index (χ3n) is 5.67. The molecule has 0 amide bonds. The average Bonchev–Trinajstić information content (AvgIpc) is 2.73. The number of carbonyl (C=O) groups excluding carboxylic acids is 1. The Morgan fingerprint density at radius 3 is 2.79 bits per heavy atom. The van der Waals surface area contributed by atoms with Crippen LogP contribution in [-0.4, -0.2) is 17.4 Å². The van der Waals surface area contributed by atoms with Gasteiger partial charge in [-0.05, 0) is 61.2 Å². The number of nitrogens with zero attached hydrogens (tertiary/aromatic N) is 1. The summed E-state index contributed by atoms with van der Waals surface area (Å²) < 4.78 is 5.61.